The number of aromatic nitrogens is 3. The summed E-state index contributed by atoms with van der Waals surface area (Å²) in [5, 5.41) is 4.08. The molecular weight excluding hydrogens is 517 g/mol. The molecule has 3 rings (SSSR count). The van der Waals surface area contributed by atoms with Crippen molar-refractivity contribution in [3.63, 3.8) is 0 Å². The van der Waals surface area contributed by atoms with Gasteiger partial charge in [-0.1, -0.05) is 18.2 Å². The molecule has 0 aliphatic rings. The van der Waals surface area contributed by atoms with E-state index in [4.69, 9.17) is 9.47 Å². The zero-order chi connectivity index (χ0) is 29.0. The number of ether oxygens (including phenoxy) is 2. The Morgan fingerprint density at radius 2 is 1.92 bits per heavy atom. The number of nitrogens with zero attached hydrogens (tertiary/aromatic N) is 4. The number of nitrogens with one attached hydrogen (secondary N) is 2. The van der Waals surface area contributed by atoms with E-state index in [0.29, 0.717) is 22.8 Å². The number of carbonyl (C=O) groups excluding carboxylic acids is 2. The van der Waals surface area contributed by atoms with Gasteiger partial charge >= 0.3 is 18.3 Å². The van der Waals surface area contributed by atoms with E-state index in [1.54, 1.807) is 69.7 Å². The van der Waals surface area contributed by atoms with Crippen LogP contribution in [0.1, 0.15) is 46.2 Å². The molecule has 10 nitrogen and oxygen atoms in total. The van der Waals surface area contributed by atoms with Gasteiger partial charge in [-0.2, -0.15) is 13.2 Å². The highest BCUT2D eigenvalue weighted by molar-refractivity contribution is 5.75. The molecule has 0 bridgehead atoms. The fourth-order valence-electron chi connectivity index (χ4n) is 3.89. The molecule has 13 heteroatoms. The number of carbonyl (C=O) groups is 2. The number of fused-ring (bicyclic) bond motifs is 1. The van der Waals surface area contributed by atoms with Crippen LogP contribution in [0.4, 0.5) is 22.8 Å². The second kappa shape index (κ2) is 11.8. The molecule has 2 N–H and O–H groups in total. The maximum absolute atomic E-state index is 13.7. The SMILES string of the molecule is CCN(C(=O)NC(CNC(=O)OC(C)(C)C)C(F)(F)F)[C@H](C)c1cccc(-c2cn3ccnc3c(OC)n2)c1. The summed E-state index contributed by atoms with van der Waals surface area (Å²) in [5.41, 5.74) is 1.67. The molecule has 1 aromatic carbocycles. The van der Waals surface area contributed by atoms with Crippen LogP contribution in [0.3, 0.4) is 0 Å². The molecule has 3 aromatic rings. The predicted molar refractivity (Wildman–Crippen MR) is 138 cm³/mol. The van der Waals surface area contributed by atoms with E-state index in [1.165, 1.54) is 12.0 Å². The highest BCUT2D eigenvalue weighted by Gasteiger charge is 2.42. The van der Waals surface area contributed by atoms with E-state index < -0.39 is 42.5 Å². The first-order valence-corrected chi connectivity index (χ1v) is 12.3. The number of rotatable bonds is 8. The Morgan fingerprint density at radius 3 is 2.54 bits per heavy atom. The number of alkyl halides is 3. The number of amides is 3. The Hall–Kier alpha value is -4.03. The van der Waals surface area contributed by atoms with Crippen LogP contribution in [0.25, 0.3) is 16.9 Å². The summed E-state index contributed by atoms with van der Waals surface area (Å²) in [6, 6.07) is 3.38. The van der Waals surface area contributed by atoms with Crippen LogP contribution in [-0.4, -0.2) is 69.4 Å². The Morgan fingerprint density at radius 1 is 1.21 bits per heavy atom. The van der Waals surface area contributed by atoms with E-state index in [-0.39, 0.29) is 6.54 Å². The topological polar surface area (TPSA) is 110 Å². The molecule has 2 aromatic heterocycles. The monoisotopic (exact) mass is 550 g/mol. The van der Waals surface area contributed by atoms with Crippen molar-refractivity contribution in [3.8, 4) is 17.1 Å². The summed E-state index contributed by atoms with van der Waals surface area (Å²) < 4.78 is 53.2. The average Bonchev–Trinajstić information content (AvgIpc) is 3.33. The quantitative estimate of drug-likeness (QED) is 0.411. The molecule has 2 atom stereocenters. The maximum Gasteiger partial charge on any atom is 0.410 e. The summed E-state index contributed by atoms with van der Waals surface area (Å²) in [5.74, 6) is 0.337. The van der Waals surface area contributed by atoms with Gasteiger partial charge in [0.05, 0.1) is 25.4 Å². The molecule has 0 saturated carbocycles. The van der Waals surface area contributed by atoms with E-state index in [1.807, 2.05) is 17.4 Å². The minimum absolute atomic E-state index is 0.133. The number of hydrogen-bond acceptors (Lipinski definition) is 6. The number of methoxy groups -OCH3 is 1. The third-order valence-electron chi connectivity index (χ3n) is 5.81. The lowest BCUT2D eigenvalue weighted by molar-refractivity contribution is -0.152. The van der Waals surface area contributed by atoms with Gasteiger partial charge in [-0.15, -0.1) is 0 Å². The highest BCUT2D eigenvalue weighted by Crippen LogP contribution is 2.28. The summed E-state index contributed by atoms with van der Waals surface area (Å²) in [6.07, 6.45) is -0.652. The Kier molecular flexibility index (Phi) is 8.92. The standard InChI is InChI=1S/C26H33F3N6O4/c1-7-35(23(36)33-20(26(27,28)29)14-31-24(37)39-25(3,4)5)16(2)17-9-8-10-18(13-17)19-15-34-12-11-30-21(34)22(32-19)38-6/h8-13,15-16,20H,7,14H2,1-6H3,(H,31,37)(H,33,36)/t16-,20?/m1/s1. The first-order valence-electron chi connectivity index (χ1n) is 12.3. The number of imidazole rings is 1. The molecule has 2 heterocycles. The number of alkyl carbamates (subject to hydrolysis) is 1. The second-order valence-electron chi connectivity index (χ2n) is 9.81. The number of benzene rings is 1. The Labute approximate surface area is 224 Å². The van der Waals surface area contributed by atoms with Gasteiger partial charge in [0, 0.05) is 30.7 Å². The predicted octanol–water partition coefficient (Wildman–Crippen LogP) is 4.95. The lowest BCUT2D eigenvalue weighted by Gasteiger charge is -2.31. The largest absolute Gasteiger partial charge is 0.478 e. The first kappa shape index (κ1) is 29.5. The van der Waals surface area contributed by atoms with Crippen LogP contribution in [-0.2, 0) is 4.74 Å². The van der Waals surface area contributed by atoms with E-state index >= 15 is 0 Å². The van der Waals surface area contributed by atoms with E-state index in [0.717, 1.165) is 5.56 Å². The van der Waals surface area contributed by atoms with Gasteiger partial charge in [-0.05, 0) is 46.2 Å². The molecule has 1 unspecified atom stereocenters. The van der Waals surface area contributed by atoms with Crippen LogP contribution < -0.4 is 15.4 Å². The third-order valence-corrected chi connectivity index (χ3v) is 5.81. The minimum Gasteiger partial charge on any atom is -0.478 e. The molecule has 0 radical (unpaired) electrons. The Bertz CT molecular complexity index is 1300. The lowest BCUT2D eigenvalue weighted by Crippen LogP contribution is -2.55. The van der Waals surface area contributed by atoms with Gasteiger partial charge < -0.3 is 29.4 Å². The second-order valence-corrected chi connectivity index (χ2v) is 9.81. The van der Waals surface area contributed by atoms with Crippen molar-refractivity contribution in [2.24, 2.45) is 0 Å². The molecule has 0 saturated heterocycles. The summed E-state index contributed by atoms with van der Waals surface area (Å²) in [4.78, 5) is 34.9. The average molecular weight is 551 g/mol. The highest BCUT2D eigenvalue weighted by atomic mass is 19.4. The summed E-state index contributed by atoms with van der Waals surface area (Å²) in [6.45, 7) is 7.41. The number of hydrogen-bond donors (Lipinski definition) is 2. The minimum atomic E-state index is -4.80. The fourth-order valence-corrected chi connectivity index (χ4v) is 3.89. The van der Waals surface area contributed by atoms with Crippen LogP contribution in [0.2, 0.25) is 0 Å². The normalized spacial score (nSPS) is 13.5. The molecule has 0 aliphatic carbocycles. The maximum atomic E-state index is 13.7. The van der Waals surface area contributed by atoms with Crippen molar-refractivity contribution >= 4 is 17.8 Å². The molecular formula is C26H33F3N6O4. The van der Waals surface area contributed by atoms with Gasteiger partial charge in [-0.25, -0.2) is 19.6 Å². The molecule has 212 valence electrons. The van der Waals surface area contributed by atoms with Gasteiger partial charge in [-0.3, -0.25) is 0 Å². The molecule has 0 fully saturated rings. The van der Waals surface area contributed by atoms with Crippen LogP contribution in [0, 0.1) is 0 Å². The molecule has 0 aliphatic heterocycles. The van der Waals surface area contributed by atoms with E-state index in [2.05, 4.69) is 15.3 Å². The summed E-state index contributed by atoms with van der Waals surface area (Å²) >= 11 is 0. The molecule has 39 heavy (non-hydrogen) atoms. The van der Waals surface area contributed by atoms with Crippen LogP contribution in [0.15, 0.2) is 42.9 Å². The van der Waals surface area contributed by atoms with Crippen LogP contribution >= 0.6 is 0 Å². The zero-order valence-electron chi connectivity index (χ0n) is 22.7. The Balaban J connectivity index is 1.78. The van der Waals surface area contributed by atoms with Crippen molar-refractivity contribution in [3.05, 3.63) is 48.4 Å². The fraction of sp³-hybridized carbons (Fsp3) is 0.462. The summed E-state index contributed by atoms with van der Waals surface area (Å²) in [7, 11) is 1.49. The van der Waals surface area contributed by atoms with Gasteiger partial charge in [0.25, 0.3) is 5.88 Å². The molecule has 3 amide bonds. The third kappa shape index (κ3) is 7.52. The van der Waals surface area contributed by atoms with Crippen LogP contribution in [0.5, 0.6) is 5.88 Å². The molecule has 0 spiro atoms. The number of urea groups is 1. The number of halogens is 3. The smallest absolute Gasteiger partial charge is 0.410 e. The lowest BCUT2D eigenvalue weighted by atomic mass is 10.0. The van der Waals surface area contributed by atoms with Gasteiger partial charge in [0.2, 0.25) is 0 Å². The van der Waals surface area contributed by atoms with Crippen molar-refractivity contribution < 1.29 is 32.2 Å². The van der Waals surface area contributed by atoms with Crippen molar-refractivity contribution in [1.29, 1.82) is 0 Å². The van der Waals surface area contributed by atoms with Gasteiger partial charge in [0.15, 0.2) is 5.65 Å². The van der Waals surface area contributed by atoms with Crippen molar-refractivity contribution in [1.82, 2.24) is 29.9 Å². The van der Waals surface area contributed by atoms with Gasteiger partial charge in [0.1, 0.15) is 11.6 Å². The first-order chi connectivity index (χ1) is 18.2. The zero-order valence-corrected chi connectivity index (χ0v) is 22.7. The van der Waals surface area contributed by atoms with E-state index in [9.17, 15) is 22.8 Å². The van der Waals surface area contributed by atoms with Crippen molar-refractivity contribution in [2.75, 3.05) is 20.2 Å². The van der Waals surface area contributed by atoms with Crippen molar-refractivity contribution in [2.45, 2.75) is 58.5 Å².